The number of aromatic amines is 1. The highest BCUT2D eigenvalue weighted by Gasteiger charge is 2.23. The number of benzene rings is 1. The lowest BCUT2D eigenvalue weighted by atomic mass is 9.92. The molecule has 1 aliphatic heterocycles. The Balaban J connectivity index is 2.11. The number of H-pyrrole nitrogens is 1. The molecule has 2 heterocycles. The van der Waals surface area contributed by atoms with Crippen molar-refractivity contribution in [2.24, 2.45) is 4.99 Å². The summed E-state index contributed by atoms with van der Waals surface area (Å²) < 4.78 is 0. The van der Waals surface area contributed by atoms with Crippen molar-refractivity contribution in [1.29, 1.82) is 0 Å². The number of nitrogens with one attached hydrogen (secondary N) is 1. The van der Waals surface area contributed by atoms with E-state index in [4.69, 9.17) is 4.99 Å². The molecule has 21 heavy (non-hydrogen) atoms. The molecule has 1 aliphatic rings. The SMILES string of the molecule is C=Cc1ccccc1C1=NCC(c2cn[nH]c2C)=C1CC. The van der Waals surface area contributed by atoms with E-state index >= 15 is 0 Å². The molecule has 0 amide bonds. The monoisotopic (exact) mass is 277 g/mol. The summed E-state index contributed by atoms with van der Waals surface area (Å²) >= 11 is 0. The molecule has 0 bridgehead atoms. The van der Waals surface area contributed by atoms with Crippen LogP contribution < -0.4 is 0 Å². The van der Waals surface area contributed by atoms with Gasteiger partial charge in [-0.3, -0.25) is 10.1 Å². The van der Waals surface area contributed by atoms with Crippen LogP contribution in [0.3, 0.4) is 0 Å². The highest BCUT2D eigenvalue weighted by Crippen LogP contribution is 2.32. The van der Waals surface area contributed by atoms with Crippen LogP contribution >= 0.6 is 0 Å². The van der Waals surface area contributed by atoms with Gasteiger partial charge in [0, 0.05) is 16.8 Å². The Bertz CT molecular complexity index is 747. The summed E-state index contributed by atoms with van der Waals surface area (Å²) in [6.07, 6.45) is 4.76. The third kappa shape index (κ3) is 2.25. The van der Waals surface area contributed by atoms with Crippen molar-refractivity contribution in [2.45, 2.75) is 20.3 Å². The van der Waals surface area contributed by atoms with E-state index in [0.717, 1.165) is 29.9 Å². The fourth-order valence-corrected chi connectivity index (χ4v) is 2.91. The standard InChI is InChI=1S/C18H19N3/c1-4-13-8-6-7-9-15(13)18-14(5-2)17(10-19-18)16-11-20-21-12(16)3/h4,6-9,11H,1,5,10H2,2-3H3,(H,20,21). The number of allylic oxidation sites excluding steroid dienone is 1. The highest BCUT2D eigenvalue weighted by atomic mass is 15.1. The molecule has 0 fully saturated rings. The number of hydrogen-bond acceptors (Lipinski definition) is 2. The Morgan fingerprint density at radius 2 is 2.10 bits per heavy atom. The summed E-state index contributed by atoms with van der Waals surface area (Å²) in [5.41, 5.74) is 8.29. The summed E-state index contributed by atoms with van der Waals surface area (Å²) in [7, 11) is 0. The minimum absolute atomic E-state index is 0.727. The molecule has 1 aromatic heterocycles. The molecular formula is C18H19N3. The fourth-order valence-electron chi connectivity index (χ4n) is 2.91. The van der Waals surface area contributed by atoms with Gasteiger partial charge in [-0.25, -0.2) is 0 Å². The van der Waals surface area contributed by atoms with Crippen molar-refractivity contribution in [3.63, 3.8) is 0 Å². The first-order chi connectivity index (χ1) is 10.3. The maximum Gasteiger partial charge on any atom is 0.0692 e. The number of rotatable bonds is 4. The lowest BCUT2D eigenvalue weighted by Crippen LogP contribution is -2.04. The van der Waals surface area contributed by atoms with Crippen molar-refractivity contribution < 1.29 is 0 Å². The first kappa shape index (κ1) is 13.6. The zero-order valence-electron chi connectivity index (χ0n) is 12.5. The molecule has 0 saturated heterocycles. The van der Waals surface area contributed by atoms with E-state index in [9.17, 15) is 0 Å². The highest BCUT2D eigenvalue weighted by molar-refractivity contribution is 6.20. The Morgan fingerprint density at radius 1 is 1.29 bits per heavy atom. The second-order valence-electron chi connectivity index (χ2n) is 5.18. The molecular weight excluding hydrogens is 258 g/mol. The van der Waals surface area contributed by atoms with Gasteiger partial charge in [-0.15, -0.1) is 0 Å². The summed E-state index contributed by atoms with van der Waals surface area (Å²) in [5, 5.41) is 7.16. The van der Waals surface area contributed by atoms with Gasteiger partial charge in [0.15, 0.2) is 0 Å². The van der Waals surface area contributed by atoms with E-state index in [0.29, 0.717) is 0 Å². The second-order valence-corrected chi connectivity index (χ2v) is 5.18. The quantitative estimate of drug-likeness (QED) is 0.900. The van der Waals surface area contributed by atoms with Gasteiger partial charge in [0.05, 0.1) is 18.5 Å². The van der Waals surface area contributed by atoms with Gasteiger partial charge in [-0.1, -0.05) is 43.8 Å². The second kappa shape index (κ2) is 5.52. The van der Waals surface area contributed by atoms with Crippen molar-refractivity contribution in [3.05, 3.63) is 65.0 Å². The van der Waals surface area contributed by atoms with Crippen LogP contribution in [0.15, 0.2) is 47.6 Å². The van der Waals surface area contributed by atoms with Gasteiger partial charge in [0.2, 0.25) is 0 Å². The Hall–Kier alpha value is -2.42. The van der Waals surface area contributed by atoms with Crippen molar-refractivity contribution >= 4 is 17.4 Å². The molecule has 0 atom stereocenters. The lowest BCUT2D eigenvalue weighted by molar-refractivity contribution is 1.05. The Labute approximate surface area is 125 Å². The molecule has 0 aliphatic carbocycles. The van der Waals surface area contributed by atoms with Crippen LogP contribution in [0.2, 0.25) is 0 Å². The number of nitrogens with zero attached hydrogens (tertiary/aromatic N) is 2. The molecule has 0 unspecified atom stereocenters. The number of aromatic nitrogens is 2. The molecule has 3 heteroatoms. The van der Waals surface area contributed by atoms with Crippen LogP contribution in [0.25, 0.3) is 11.6 Å². The van der Waals surface area contributed by atoms with Gasteiger partial charge in [-0.05, 0) is 30.1 Å². The molecule has 1 N–H and O–H groups in total. The molecule has 2 aromatic rings. The summed E-state index contributed by atoms with van der Waals surface area (Å²) in [6.45, 7) is 8.87. The Morgan fingerprint density at radius 3 is 2.76 bits per heavy atom. The smallest absolute Gasteiger partial charge is 0.0692 e. The van der Waals surface area contributed by atoms with Gasteiger partial charge < -0.3 is 0 Å². The Kier molecular flexibility index (Phi) is 3.57. The molecule has 0 spiro atoms. The number of aryl methyl sites for hydroxylation is 1. The maximum absolute atomic E-state index is 4.80. The predicted molar refractivity (Wildman–Crippen MR) is 88.5 cm³/mol. The third-order valence-electron chi connectivity index (χ3n) is 3.99. The van der Waals surface area contributed by atoms with E-state index in [1.165, 1.54) is 22.3 Å². The molecule has 0 saturated carbocycles. The van der Waals surface area contributed by atoms with Gasteiger partial charge >= 0.3 is 0 Å². The van der Waals surface area contributed by atoms with Gasteiger partial charge in [0.25, 0.3) is 0 Å². The van der Waals surface area contributed by atoms with Crippen LogP contribution in [0, 0.1) is 6.92 Å². The number of aliphatic imine (C=N–C) groups is 1. The average molecular weight is 277 g/mol. The fraction of sp³-hybridized carbons (Fsp3) is 0.222. The summed E-state index contributed by atoms with van der Waals surface area (Å²) in [5.74, 6) is 0. The van der Waals surface area contributed by atoms with Gasteiger partial charge in [-0.2, -0.15) is 5.10 Å². The van der Waals surface area contributed by atoms with E-state index in [1.807, 2.05) is 18.3 Å². The van der Waals surface area contributed by atoms with E-state index < -0.39 is 0 Å². The first-order valence-corrected chi connectivity index (χ1v) is 7.25. The lowest BCUT2D eigenvalue weighted by Gasteiger charge is -2.10. The third-order valence-corrected chi connectivity index (χ3v) is 3.99. The molecule has 0 radical (unpaired) electrons. The van der Waals surface area contributed by atoms with E-state index in [2.05, 4.69) is 48.8 Å². The van der Waals surface area contributed by atoms with Crippen molar-refractivity contribution in [3.8, 4) is 0 Å². The molecule has 3 nitrogen and oxygen atoms in total. The maximum atomic E-state index is 4.80. The van der Waals surface area contributed by atoms with Crippen LogP contribution in [-0.2, 0) is 0 Å². The minimum atomic E-state index is 0.727. The number of hydrogen-bond donors (Lipinski definition) is 1. The zero-order valence-corrected chi connectivity index (χ0v) is 12.5. The largest absolute Gasteiger partial charge is 0.282 e. The van der Waals surface area contributed by atoms with Crippen LogP contribution in [-0.4, -0.2) is 22.5 Å². The van der Waals surface area contributed by atoms with Crippen LogP contribution in [0.1, 0.15) is 35.7 Å². The zero-order chi connectivity index (χ0) is 14.8. The van der Waals surface area contributed by atoms with Crippen molar-refractivity contribution in [1.82, 2.24) is 10.2 Å². The van der Waals surface area contributed by atoms with E-state index in [1.54, 1.807) is 0 Å². The normalized spacial score (nSPS) is 14.5. The van der Waals surface area contributed by atoms with Crippen LogP contribution in [0.4, 0.5) is 0 Å². The first-order valence-electron chi connectivity index (χ1n) is 7.25. The average Bonchev–Trinajstić information content (AvgIpc) is 3.12. The topological polar surface area (TPSA) is 41.0 Å². The van der Waals surface area contributed by atoms with E-state index in [-0.39, 0.29) is 0 Å². The summed E-state index contributed by atoms with van der Waals surface area (Å²) in [4.78, 5) is 4.80. The minimum Gasteiger partial charge on any atom is -0.282 e. The molecule has 1 aromatic carbocycles. The molecule has 3 rings (SSSR count). The van der Waals surface area contributed by atoms with Crippen molar-refractivity contribution in [2.75, 3.05) is 6.54 Å². The molecule has 106 valence electrons. The van der Waals surface area contributed by atoms with Gasteiger partial charge in [0.1, 0.15) is 0 Å². The predicted octanol–water partition coefficient (Wildman–Crippen LogP) is 4.03. The summed E-state index contributed by atoms with van der Waals surface area (Å²) in [6, 6.07) is 8.29. The van der Waals surface area contributed by atoms with Crippen LogP contribution in [0.5, 0.6) is 0 Å².